The van der Waals surface area contributed by atoms with Gasteiger partial charge in [-0.25, -0.2) is 14.8 Å². The Bertz CT molecular complexity index is 1630. The highest BCUT2D eigenvalue weighted by molar-refractivity contribution is 5.92. The van der Waals surface area contributed by atoms with Gasteiger partial charge in [0.15, 0.2) is 11.5 Å². The number of nitrogens with zero attached hydrogens (tertiary/aromatic N) is 5. The highest BCUT2D eigenvalue weighted by Crippen LogP contribution is 2.39. The minimum atomic E-state index is -4.44. The molecular weight excluding hydrogens is 573 g/mol. The van der Waals surface area contributed by atoms with Gasteiger partial charge in [-0.15, -0.1) is 0 Å². The predicted molar refractivity (Wildman–Crippen MR) is 160 cm³/mol. The molecule has 9 nitrogen and oxygen atoms in total. The summed E-state index contributed by atoms with van der Waals surface area (Å²) >= 11 is 0. The molecule has 4 aromatic rings. The van der Waals surface area contributed by atoms with Crippen LogP contribution in [0.4, 0.5) is 24.9 Å². The van der Waals surface area contributed by atoms with Gasteiger partial charge in [-0.3, -0.25) is 0 Å². The van der Waals surface area contributed by atoms with E-state index in [0.717, 1.165) is 62.0 Å². The Hall–Kier alpha value is -4.35. The maximum absolute atomic E-state index is 13.3. The van der Waals surface area contributed by atoms with E-state index in [4.69, 9.17) is 9.72 Å². The Morgan fingerprint density at radius 2 is 1.75 bits per heavy atom. The Kier molecular flexibility index (Phi) is 8.08. The first-order valence-electron chi connectivity index (χ1n) is 15.0. The summed E-state index contributed by atoms with van der Waals surface area (Å²) in [6, 6.07) is 13.0. The van der Waals surface area contributed by atoms with Gasteiger partial charge in [0.05, 0.1) is 25.3 Å². The number of nitrogens with one attached hydrogen (secondary N) is 1. The molecule has 1 saturated heterocycles. The summed E-state index contributed by atoms with van der Waals surface area (Å²) in [6.45, 7) is 2.94. The molecule has 2 atom stereocenters. The van der Waals surface area contributed by atoms with Gasteiger partial charge in [-0.05, 0) is 80.3 Å². The van der Waals surface area contributed by atoms with Crippen molar-refractivity contribution < 1.29 is 27.8 Å². The monoisotopic (exact) mass is 608 g/mol. The number of aromatic carboxylic acids is 1. The molecule has 1 aliphatic carbocycles. The summed E-state index contributed by atoms with van der Waals surface area (Å²) in [7, 11) is 1.62. The van der Waals surface area contributed by atoms with E-state index in [2.05, 4.69) is 27.1 Å². The third-order valence-corrected chi connectivity index (χ3v) is 8.88. The van der Waals surface area contributed by atoms with Crippen molar-refractivity contribution in [3.63, 3.8) is 0 Å². The zero-order chi connectivity index (χ0) is 31.0. The lowest BCUT2D eigenvalue weighted by Crippen LogP contribution is -2.35. The fourth-order valence-electron chi connectivity index (χ4n) is 6.19. The smallest absolute Gasteiger partial charge is 0.416 e. The van der Waals surface area contributed by atoms with E-state index in [1.165, 1.54) is 12.1 Å². The second-order valence-electron chi connectivity index (χ2n) is 11.7. The Labute approximate surface area is 253 Å². The van der Waals surface area contributed by atoms with Crippen molar-refractivity contribution in [1.82, 2.24) is 19.5 Å². The van der Waals surface area contributed by atoms with Crippen LogP contribution in [0.3, 0.4) is 0 Å². The maximum Gasteiger partial charge on any atom is 0.416 e. The van der Waals surface area contributed by atoms with E-state index in [0.29, 0.717) is 35.3 Å². The first-order valence-corrected chi connectivity index (χ1v) is 15.0. The maximum atomic E-state index is 13.3. The number of anilines is 2. The number of fused-ring (bicyclic) bond motifs is 1. The normalized spacial score (nSPS) is 18.2. The van der Waals surface area contributed by atoms with Crippen molar-refractivity contribution in [2.75, 3.05) is 23.9 Å². The molecule has 2 aromatic heterocycles. The highest BCUT2D eigenvalue weighted by Gasteiger charge is 2.33. The van der Waals surface area contributed by atoms with Gasteiger partial charge >= 0.3 is 12.1 Å². The molecule has 2 fully saturated rings. The third-order valence-electron chi connectivity index (χ3n) is 8.88. The Balaban J connectivity index is 1.50. The quantitative estimate of drug-likeness (QED) is 0.211. The van der Waals surface area contributed by atoms with E-state index in [1.807, 2.05) is 28.8 Å². The van der Waals surface area contributed by atoms with Crippen LogP contribution in [0.5, 0.6) is 5.75 Å². The molecule has 0 amide bonds. The van der Waals surface area contributed by atoms with E-state index in [9.17, 15) is 23.1 Å². The molecule has 2 aliphatic rings. The van der Waals surface area contributed by atoms with Crippen LogP contribution >= 0.6 is 0 Å². The van der Waals surface area contributed by atoms with Crippen LogP contribution in [-0.4, -0.2) is 50.3 Å². The van der Waals surface area contributed by atoms with Crippen molar-refractivity contribution in [2.45, 2.75) is 70.3 Å². The van der Waals surface area contributed by atoms with Gasteiger partial charge in [0, 0.05) is 12.6 Å². The first kappa shape index (κ1) is 29.7. The van der Waals surface area contributed by atoms with E-state index in [1.54, 1.807) is 7.11 Å². The Morgan fingerprint density at radius 3 is 2.36 bits per heavy atom. The number of rotatable bonds is 9. The van der Waals surface area contributed by atoms with Crippen molar-refractivity contribution in [3.05, 3.63) is 71.0 Å². The molecule has 6 rings (SSSR count). The number of ether oxygens (including phenoxy) is 1. The van der Waals surface area contributed by atoms with Crippen LogP contribution in [0.25, 0.3) is 11.2 Å². The van der Waals surface area contributed by atoms with Crippen molar-refractivity contribution in [3.8, 4) is 5.75 Å². The number of methoxy groups -OCH3 is 1. The molecule has 12 heteroatoms. The molecule has 1 aliphatic heterocycles. The summed E-state index contributed by atoms with van der Waals surface area (Å²) in [5.74, 6) is 0.474. The molecule has 1 saturated carbocycles. The van der Waals surface area contributed by atoms with Crippen LogP contribution in [-0.2, 0) is 12.7 Å². The molecule has 1 unspecified atom stereocenters. The molecule has 0 radical (unpaired) electrons. The number of carboxylic acid groups (broad SMARTS) is 1. The topological polar surface area (TPSA) is 105 Å². The minimum absolute atomic E-state index is 0.0309. The van der Waals surface area contributed by atoms with Gasteiger partial charge in [-0.1, -0.05) is 30.7 Å². The zero-order valence-electron chi connectivity index (χ0n) is 24.6. The number of alkyl halides is 3. The molecule has 0 spiro atoms. The number of piperidine rings is 1. The SMILES string of the molecule is COc1ccc(C2CCCCN2c2nc3nc(C(=O)O)nc(N[C@H](C)C4CCC4)c3n2Cc2ccc(C(F)(F)F)cc2)cc1. The largest absolute Gasteiger partial charge is 0.497 e. The number of hydrogen-bond acceptors (Lipinski definition) is 7. The summed E-state index contributed by atoms with van der Waals surface area (Å²) in [4.78, 5) is 27.9. The van der Waals surface area contributed by atoms with Gasteiger partial charge in [0.1, 0.15) is 11.3 Å². The van der Waals surface area contributed by atoms with E-state index < -0.39 is 17.7 Å². The molecule has 2 aromatic carbocycles. The average Bonchev–Trinajstić information content (AvgIpc) is 3.34. The van der Waals surface area contributed by atoms with Crippen LogP contribution in [0.2, 0.25) is 0 Å². The van der Waals surface area contributed by atoms with Crippen LogP contribution in [0.15, 0.2) is 48.5 Å². The summed E-state index contributed by atoms with van der Waals surface area (Å²) < 4.78 is 47.3. The van der Waals surface area contributed by atoms with Gasteiger partial charge in [0.2, 0.25) is 11.8 Å². The zero-order valence-corrected chi connectivity index (χ0v) is 24.6. The number of aromatic nitrogens is 4. The van der Waals surface area contributed by atoms with Crippen molar-refractivity contribution in [2.24, 2.45) is 5.92 Å². The standard InChI is InChI=1S/C32H35F3N6O3/c1-19(21-6-5-7-21)36-27-26-28(38-29(37-27)30(42)43)39-31(41(26)18-20-9-13-23(14-10-20)32(33,34)35)40-17-4-3-8-25(40)22-11-15-24(44-2)16-12-22/h9-16,19,21,25H,3-8,17-18H2,1-2H3,(H,42,43)(H,36,37,38)/t19-,25?/m1/s1. The second kappa shape index (κ2) is 12.0. The lowest BCUT2D eigenvalue weighted by Gasteiger charge is -2.37. The second-order valence-corrected chi connectivity index (χ2v) is 11.7. The molecule has 232 valence electrons. The highest BCUT2D eigenvalue weighted by atomic mass is 19.4. The molecular formula is C32H35F3N6O3. The number of hydrogen-bond donors (Lipinski definition) is 2. The average molecular weight is 609 g/mol. The number of carboxylic acids is 1. The third kappa shape index (κ3) is 5.89. The lowest BCUT2D eigenvalue weighted by atomic mass is 9.80. The fraction of sp³-hybridized carbons (Fsp3) is 0.438. The van der Waals surface area contributed by atoms with Crippen LogP contribution in [0.1, 0.15) is 78.8 Å². The van der Waals surface area contributed by atoms with Gasteiger partial charge in [0.25, 0.3) is 0 Å². The summed E-state index contributed by atoms with van der Waals surface area (Å²) in [6.07, 6.45) is 1.65. The van der Waals surface area contributed by atoms with Crippen molar-refractivity contribution >= 4 is 28.9 Å². The predicted octanol–water partition coefficient (Wildman–Crippen LogP) is 6.93. The van der Waals surface area contributed by atoms with Gasteiger partial charge in [-0.2, -0.15) is 18.2 Å². The number of halogens is 3. The summed E-state index contributed by atoms with van der Waals surface area (Å²) in [5.41, 5.74) is 1.74. The lowest BCUT2D eigenvalue weighted by molar-refractivity contribution is -0.137. The number of imidazole rings is 1. The van der Waals surface area contributed by atoms with Gasteiger partial charge < -0.3 is 24.6 Å². The van der Waals surface area contributed by atoms with E-state index >= 15 is 0 Å². The van der Waals surface area contributed by atoms with E-state index in [-0.39, 0.29) is 30.1 Å². The first-order chi connectivity index (χ1) is 21.1. The minimum Gasteiger partial charge on any atom is -0.497 e. The molecule has 2 N–H and O–H groups in total. The molecule has 44 heavy (non-hydrogen) atoms. The number of carbonyl (C=O) groups is 1. The molecule has 3 heterocycles. The van der Waals surface area contributed by atoms with Crippen LogP contribution in [0, 0.1) is 5.92 Å². The Morgan fingerprint density at radius 1 is 1.02 bits per heavy atom. The van der Waals surface area contributed by atoms with Crippen molar-refractivity contribution in [1.29, 1.82) is 0 Å². The van der Waals surface area contributed by atoms with Crippen LogP contribution < -0.4 is 15.0 Å². The summed E-state index contributed by atoms with van der Waals surface area (Å²) in [5, 5.41) is 13.3. The fourth-order valence-corrected chi connectivity index (χ4v) is 6.19. The molecule has 0 bridgehead atoms. The number of benzene rings is 2.